The molecule has 192 valence electrons. The summed E-state index contributed by atoms with van der Waals surface area (Å²) in [5.41, 5.74) is 5.12. The zero-order chi connectivity index (χ0) is 27.2. The zero-order valence-corrected chi connectivity index (χ0v) is 20.7. The number of carbonyl (C=O) groups is 2. The number of aromatic nitrogens is 1. The van der Waals surface area contributed by atoms with Gasteiger partial charge in [0, 0.05) is 12.4 Å². The molecule has 0 aliphatic rings. The van der Waals surface area contributed by atoms with Gasteiger partial charge in [-0.1, -0.05) is 36.4 Å². The van der Waals surface area contributed by atoms with Gasteiger partial charge in [0.15, 0.2) is 5.75 Å². The Morgan fingerprint density at radius 3 is 2.13 bits per heavy atom. The smallest absolute Gasteiger partial charge is 0.335 e. The Morgan fingerprint density at radius 1 is 0.769 bits per heavy atom. The number of halogens is 1. The molecule has 0 saturated heterocycles. The van der Waals surface area contributed by atoms with Crippen molar-refractivity contribution < 1.29 is 23.8 Å². The fourth-order valence-electron chi connectivity index (χ4n) is 4.09. The highest BCUT2D eigenvalue weighted by molar-refractivity contribution is 5.95. The quantitative estimate of drug-likeness (QED) is 0.226. The number of ether oxygens (including phenoxy) is 1. The molecular formula is C32H23FN2O4. The number of hydrogen-bond acceptors (Lipinski definition) is 4. The van der Waals surface area contributed by atoms with Crippen LogP contribution in [0.25, 0.3) is 22.3 Å². The Morgan fingerprint density at radius 2 is 1.44 bits per heavy atom. The molecule has 1 aromatic heterocycles. The molecule has 0 spiro atoms. The van der Waals surface area contributed by atoms with Crippen LogP contribution >= 0.6 is 0 Å². The van der Waals surface area contributed by atoms with E-state index in [0.717, 1.165) is 22.3 Å². The first-order valence-electron chi connectivity index (χ1n) is 12.1. The van der Waals surface area contributed by atoms with Crippen molar-refractivity contribution >= 4 is 17.6 Å². The molecule has 7 heteroatoms. The second-order valence-corrected chi connectivity index (χ2v) is 8.81. The summed E-state index contributed by atoms with van der Waals surface area (Å²) in [7, 11) is 0. The van der Waals surface area contributed by atoms with Crippen molar-refractivity contribution in [1.29, 1.82) is 0 Å². The lowest BCUT2D eigenvalue weighted by Gasteiger charge is -2.15. The van der Waals surface area contributed by atoms with E-state index in [0.29, 0.717) is 22.7 Å². The molecule has 1 amide bonds. The highest BCUT2D eigenvalue weighted by atomic mass is 19.1. The number of rotatable bonds is 8. The van der Waals surface area contributed by atoms with Crippen LogP contribution < -0.4 is 10.1 Å². The van der Waals surface area contributed by atoms with E-state index in [2.05, 4.69) is 16.4 Å². The Bertz CT molecular complexity index is 1620. The minimum atomic E-state index is -1.03. The van der Waals surface area contributed by atoms with E-state index in [9.17, 15) is 14.0 Å². The summed E-state index contributed by atoms with van der Waals surface area (Å²) >= 11 is 0. The molecule has 0 fully saturated rings. The molecule has 2 N–H and O–H groups in total. The summed E-state index contributed by atoms with van der Waals surface area (Å²) in [5, 5.41) is 12.0. The predicted molar refractivity (Wildman–Crippen MR) is 147 cm³/mol. The number of carboxylic acid groups (broad SMARTS) is 1. The molecule has 1 heterocycles. The molecule has 39 heavy (non-hydrogen) atoms. The van der Waals surface area contributed by atoms with Crippen LogP contribution in [-0.4, -0.2) is 22.0 Å². The second kappa shape index (κ2) is 11.4. The number of aromatic carboxylic acids is 1. The van der Waals surface area contributed by atoms with Crippen molar-refractivity contribution in [3.63, 3.8) is 0 Å². The molecular weight excluding hydrogens is 495 g/mol. The first-order chi connectivity index (χ1) is 18.9. The van der Waals surface area contributed by atoms with Gasteiger partial charge in [-0.25, -0.2) is 9.18 Å². The van der Waals surface area contributed by atoms with Gasteiger partial charge in [-0.05, 0) is 94.5 Å². The van der Waals surface area contributed by atoms with E-state index in [1.54, 1.807) is 30.6 Å². The summed E-state index contributed by atoms with van der Waals surface area (Å²) in [6, 6.07) is 29.1. The first-order valence-corrected chi connectivity index (χ1v) is 12.1. The Balaban J connectivity index is 1.44. The molecule has 5 aromatic rings. The third kappa shape index (κ3) is 6.34. The number of anilines is 1. The first kappa shape index (κ1) is 25.4. The number of amides is 1. The summed E-state index contributed by atoms with van der Waals surface area (Å²) < 4.78 is 19.4. The van der Waals surface area contributed by atoms with Gasteiger partial charge in [0.05, 0.1) is 17.7 Å². The number of nitrogens with one attached hydrogen (secondary N) is 1. The SMILES string of the molecule is O=C(Cc1ccc(C(=O)O)cc1)Nc1cc(-c2cccc(-c3ccncc3)c2)ccc1Oc1ccc(F)cc1. The fourth-order valence-corrected chi connectivity index (χ4v) is 4.09. The van der Waals surface area contributed by atoms with Crippen molar-refractivity contribution in [2.24, 2.45) is 0 Å². The highest BCUT2D eigenvalue weighted by Gasteiger charge is 2.13. The predicted octanol–water partition coefficient (Wildman–Crippen LogP) is 7.23. The molecule has 0 unspecified atom stereocenters. The van der Waals surface area contributed by atoms with Gasteiger partial charge in [-0.15, -0.1) is 0 Å². The second-order valence-electron chi connectivity index (χ2n) is 8.81. The van der Waals surface area contributed by atoms with E-state index < -0.39 is 5.97 Å². The number of carbonyl (C=O) groups excluding carboxylic acids is 1. The van der Waals surface area contributed by atoms with E-state index in [1.165, 1.54) is 36.4 Å². The molecule has 0 radical (unpaired) electrons. The minimum Gasteiger partial charge on any atom is -0.478 e. The van der Waals surface area contributed by atoms with Crippen LogP contribution in [0.2, 0.25) is 0 Å². The standard InChI is InChI=1S/C32H23FN2O4/c33-27-9-11-28(12-10-27)39-30-13-8-26(25-3-1-2-24(19-25)22-14-16-34-17-15-22)20-29(30)35-31(36)18-21-4-6-23(7-5-21)32(37)38/h1-17,19-20H,18H2,(H,35,36)(H,37,38). The monoisotopic (exact) mass is 518 g/mol. The largest absolute Gasteiger partial charge is 0.478 e. The normalized spacial score (nSPS) is 10.6. The van der Waals surface area contributed by atoms with E-state index >= 15 is 0 Å². The number of nitrogens with zero attached hydrogens (tertiary/aromatic N) is 1. The lowest BCUT2D eigenvalue weighted by atomic mass is 9.99. The van der Waals surface area contributed by atoms with Gasteiger partial charge >= 0.3 is 5.97 Å². The van der Waals surface area contributed by atoms with Crippen molar-refractivity contribution in [2.45, 2.75) is 6.42 Å². The molecule has 6 nitrogen and oxygen atoms in total. The molecule has 0 saturated carbocycles. The highest BCUT2D eigenvalue weighted by Crippen LogP contribution is 2.35. The maximum absolute atomic E-state index is 13.4. The maximum atomic E-state index is 13.4. The van der Waals surface area contributed by atoms with Crippen molar-refractivity contribution in [3.8, 4) is 33.8 Å². The lowest BCUT2D eigenvalue weighted by Crippen LogP contribution is -2.15. The number of carboxylic acids is 1. The van der Waals surface area contributed by atoms with Crippen molar-refractivity contribution in [2.75, 3.05) is 5.32 Å². The molecule has 0 aliphatic heterocycles. The average Bonchev–Trinajstić information content (AvgIpc) is 2.96. The van der Waals surface area contributed by atoms with E-state index in [4.69, 9.17) is 9.84 Å². The van der Waals surface area contributed by atoms with Gasteiger partial charge in [0.1, 0.15) is 11.6 Å². The zero-order valence-electron chi connectivity index (χ0n) is 20.7. The van der Waals surface area contributed by atoms with Crippen molar-refractivity contribution in [3.05, 3.63) is 132 Å². The Labute approximate surface area is 224 Å². The van der Waals surface area contributed by atoms with Crippen LogP contribution in [0.5, 0.6) is 11.5 Å². The molecule has 0 bridgehead atoms. The van der Waals surface area contributed by atoms with Gasteiger partial charge < -0.3 is 15.2 Å². The molecule has 5 rings (SSSR count). The van der Waals surface area contributed by atoms with E-state index in [-0.39, 0.29) is 23.7 Å². The van der Waals surface area contributed by atoms with E-state index in [1.807, 2.05) is 42.5 Å². The Hall–Kier alpha value is -5.30. The van der Waals surface area contributed by atoms with Gasteiger partial charge in [0.25, 0.3) is 0 Å². The molecule has 0 aliphatic carbocycles. The summed E-state index contributed by atoms with van der Waals surface area (Å²) in [6.07, 6.45) is 3.52. The average molecular weight is 519 g/mol. The van der Waals surface area contributed by atoms with Gasteiger partial charge in [-0.2, -0.15) is 0 Å². The third-order valence-electron chi connectivity index (χ3n) is 6.07. The van der Waals surface area contributed by atoms with Crippen LogP contribution in [0.4, 0.5) is 10.1 Å². The number of benzene rings is 4. The van der Waals surface area contributed by atoms with Crippen LogP contribution in [0, 0.1) is 5.82 Å². The Kier molecular flexibility index (Phi) is 7.41. The fraction of sp³-hybridized carbons (Fsp3) is 0.0312. The number of hydrogen-bond donors (Lipinski definition) is 2. The molecule has 0 atom stereocenters. The van der Waals surface area contributed by atoms with Crippen molar-refractivity contribution in [1.82, 2.24) is 4.98 Å². The van der Waals surface area contributed by atoms with Gasteiger partial charge in [-0.3, -0.25) is 9.78 Å². The topological polar surface area (TPSA) is 88.5 Å². The molecule has 4 aromatic carbocycles. The van der Waals surface area contributed by atoms with Crippen LogP contribution in [0.3, 0.4) is 0 Å². The maximum Gasteiger partial charge on any atom is 0.335 e. The van der Waals surface area contributed by atoms with Crippen LogP contribution in [0.1, 0.15) is 15.9 Å². The lowest BCUT2D eigenvalue weighted by molar-refractivity contribution is -0.115. The summed E-state index contributed by atoms with van der Waals surface area (Å²) in [4.78, 5) is 28.2. The number of pyridine rings is 1. The summed E-state index contributed by atoms with van der Waals surface area (Å²) in [6.45, 7) is 0. The van der Waals surface area contributed by atoms with Gasteiger partial charge in [0.2, 0.25) is 5.91 Å². The van der Waals surface area contributed by atoms with Crippen LogP contribution in [0.15, 0.2) is 116 Å². The third-order valence-corrected chi connectivity index (χ3v) is 6.07. The van der Waals surface area contributed by atoms with Crippen LogP contribution in [-0.2, 0) is 11.2 Å². The minimum absolute atomic E-state index is 0.0393. The summed E-state index contributed by atoms with van der Waals surface area (Å²) in [5.74, 6) is -0.897.